The Kier molecular flexibility index (Phi) is 6.88. The SMILES string of the molecule is Cc1n[nH]c2ccc(-c3sc(NC[C@@H](N)Cc4ccc(C(F)(F)F)cc4)nc3C#CCO)cc12. The number of alkyl halides is 3. The Hall–Kier alpha value is -3.39. The number of aliphatic hydroxyl groups is 1. The van der Waals surface area contributed by atoms with Gasteiger partial charge in [-0.3, -0.25) is 5.10 Å². The predicted molar refractivity (Wildman–Crippen MR) is 128 cm³/mol. The first-order valence-corrected chi connectivity index (χ1v) is 11.3. The molecule has 0 bridgehead atoms. The largest absolute Gasteiger partial charge is 0.416 e. The molecule has 2 aromatic carbocycles. The number of benzene rings is 2. The van der Waals surface area contributed by atoms with Crippen LogP contribution in [-0.4, -0.2) is 39.5 Å². The van der Waals surface area contributed by atoms with Gasteiger partial charge in [0.25, 0.3) is 0 Å². The van der Waals surface area contributed by atoms with Gasteiger partial charge >= 0.3 is 6.18 Å². The first-order chi connectivity index (χ1) is 16.2. The maximum atomic E-state index is 12.7. The third-order valence-electron chi connectivity index (χ3n) is 5.22. The lowest BCUT2D eigenvalue weighted by atomic mass is 10.0. The molecule has 0 saturated carbocycles. The fourth-order valence-electron chi connectivity index (χ4n) is 3.51. The van der Waals surface area contributed by atoms with Gasteiger partial charge in [0.05, 0.1) is 21.7 Å². The number of anilines is 1. The quantitative estimate of drug-likeness (QED) is 0.305. The lowest BCUT2D eigenvalue weighted by Gasteiger charge is -2.13. The molecule has 0 aliphatic heterocycles. The van der Waals surface area contributed by atoms with Crippen LogP contribution in [0, 0.1) is 18.8 Å². The van der Waals surface area contributed by atoms with Crippen LogP contribution in [0.3, 0.4) is 0 Å². The van der Waals surface area contributed by atoms with Crippen molar-refractivity contribution in [2.75, 3.05) is 18.5 Å². The molecule has 0 spiro atoms. The summed E-state index contributed by atoms with van der Waals surface area (Å²) >= 11 is 1.42. The summed E-state index contributed by atoms with van der Waals surface area (Å²) in [7, 11) is 0. The number of nitrogens with zero attached hydrogens (tertiary/aromatic N) is 2. The van der Waals surface area contributed by atoms with Crippen LogP contribution in [0.1, 0.15) is 22.5 Å². The first kappa shape index (κ1) is 23.8. The summed E-state index contributed by atoms with van der Waals surface area (Å²) in [5, 5.41) is 21.1. The first-order valence-electron chi connectivity index (χ1n) is 10.5. The van der Waals surface area contributed by atoms with Gasteiger partial charge in [-0.15, -0.1) is 0 Å². The molecule has 0 saturated heterocycles. The van der Waals surface area contributed by atoms with Gasteiger partial charge in [-0.1, -0.05) is 35.5 Å². The molecule has 0 unspecified atom stereocenters. The van der Waals surface area contributed by atoms with Crippen LogP contribution in [0.2, 0.25) is 0 Å². The minimum absolute atomic E-state index is 0.280. The van der Waals surface area contributed by atoms with Crippen LogP contribution in [0.25, 0.3) is 21.3 Å². The zero-order chi connectivity index (χ0) is 24.3. The second-order valence-corrected chi connectivity index (χ2v) is 8.76. The topological polar surface area (TPSA) is 99.9 Å². The highest BCUT2D eigenvalue weighted by molar-refractivity contribution is 7.19. The Morgan fingerprint density at radius 3 is 2.68 bits per heavy atom. The minimum atomic E-state index is -4.36. The Labute approximate surface area is 198 Å². The summed E-state index contributed by atoms with van der Waals surface area (Å²) in [5.74, 6) is 5.54. The molecule has 0 radical (unpaired) electrons. The molecular weight excluding hydrogens is 463 g/mol. The second kappa shape index (κ2) is 9.85. The van der Waals surface area contributed by atoms with Crippen LogP contribution in [0.5, 0.6) is 0 Å². The number of thiazole rings is 1. The molecule has 0 fully saturated rings. The molecule has 34 heavy (non-hydrogen) atoms. The van der Waals surface area contributed by atoms with E-state index in [9.17, 15) is 13.2 Å². The molecule has 2 heterocycles. The maximum absolute atomic E-state index is 12.7. The smallest absolute Gasteiger partial charge is 0.384 e. The van der Waals surface area contributed by atoms with Crippen molar-refractivity contribution in [1.29, 1.82) is 0 Å². The van der Waals surface area contributed by atoms with Crippen molar-refractivity contribution in [1.82, 2.24) is 15.2 Å². The third-order valence-corrected chi connectivity index (χ3v) is 6.29. The summed E-state index contributed by atoms with van der Waals surface area (Å²) in [6, 6.07) is 10.6. The molecule has 5 N–H and O–H groups in total. The third kappa shape index (κ3) is 5.39. The number of halogens is 3. The fraction of sp³-hybridized carbons (Fsp3) is 0.250. The van der Waals surface area contributed by atoms with Gasteiger partial charge < -0.3 is 16.2 Å². The number of H-pyrrole nitrogens is 1. The number of aromatic nitrogens is 3. The number of aryl methyl sites for hydroxylation is 1. The Morgan fingerprint density at radius 1 is 1.21 bits per heavy atom. The Bertz CT molecular complexity index is 1350. The van der Waals surface area contributed by atoms with E-state index in [0.29, 0.717) is 23.8 Å². The van der Waals surface area contributed by atoms with E-state index in [1.807, 2.05) is 25.1 Å². The number of hydrogen-bond acceptors (Lipinski definition) is 6. The average molecular weight is 486 g/mol. The summed E-state index contributed by atoms with van der Waals surface area (Å²) in [6.07, 6.45) is -3.95. The number of aliphatic hydroxyl groups excluding tert-OH is 1. The van der Waals surface area contributed by atoms with E-state index in [1.165, 1.54) is 23.5 Å². The van der Waals surface area contributed by atoms with E-state index in [2.05, 4.69) is 32.3 Å². The Balaban J connectivity index is 1.48. The highest BCUT2D eigenvalue weighted by Gasteiger charge is 2.30. The maximum Gasteiger partial charge on any atom is 0.416 e. The predicted octanol–water partition coefficient (Wildman–Crippen LogP) is 4.34. The second-order valence-electron chi connectivity index (χ2n) is 7.77. The van der Waals surface area contributed by atoms with Crippen LogP contribution in [-0.2, 0) is 12.6 Å². The van der Waals surface area contributed by atoms with Crippen molar-refractivity contribution >= 4 is 27.4 Å². The Morgan fingerprint density at radius 2 is 1.97 bits per heavy atom. The van der Waals surface area contributed by atoms with Crippen molar-refractivity contribution < 1.29 is 18.3 Å². The fourth-order valence-corrected chi connectivity index (χ4v) is 4.43. The van der Waals surface area contributed by atoms with Gasteiger partial charge in [-0.05, 0) is 54.7 Å². The van der Waals surface area contributed by atoms with Crippen LogP contribution < -0.4 is 11.1 Å². The van der Waals surface area contributed by atoms with Gasteiger partial charge in [-0.25, -0.2) is 4.98 Å². The van der Waals surface area contributed by atoms with E-state index >= 15 is 0 Å². The van der Waals surface area contributed by atoms with Gasteiger partial charge in [0, 0.05) is 18.0 Å². The molecule has 6 nitrogen and oxygen atoms in total. The van der Waals surface area contributed by atoms with Gasteiger partial charge in [0.15, 0.2) is 5.13 Å². The number of nitrogens with one attached hydrogen (secondary N) is 2. The standard InChI is InChI=1S/C24H22F3N5OS/c1-14-19-12-16(6-9-20(19)32-31-14)22-21(3-2-10-33)30-23(34-22)29-13-18(28)11-15-4-7-17(8-5-15)24(25,26)27/h4-9,12,18,33H,10-11,13,28H2,1H3,(H,29,30)(H,31,32)/t18-/m0/s1. The number of rotatable bonds is 6. The van der Waals surface area contributed by atoms with Crippen molar-refractivity contribution in [3.8, 4) is 22.3 Å². The van der Waals surface area contributed by atoms with E-state index in [-0.39, 0.29) is 12.6 Å². The highest BCUT2D eigenvalue weighted by Crippen LogP contribution is 2.35. The monoisotopic (exact) mass is 485 g/mol. The molecule has 4 aromatic rings. The minimum Gasteiger partial charge on any atom is -0.384 e. The van der Waals surface area contributed by atoms with Crippen molar-refractivity contribution in [2.24, 2.45) is 5.73 Å². The van der Waals surface area contributed by atoms with Gasteiger partial charge in [0.2, 0.25) is 0 Å². The zero-order valence-corrected chi connectivity index (χ0v) is 19.0. The molecule has 2 aromatic heterocycles. The molecule has 0 aliphatic carbocycles. The van der Waals surface area contributed by atoms with Crippen molar-refractivity contribution in [3.63, 3.8) is 0 Å². The van der Waals surface area contributed by atoms with Gasteiger partial charge in [-0.2, -0.15) is 18.3 Å². The number of aromatic amines is 1. The van der Waals surface area contributed by atoms with Crippen LogP contribution in [0.4, 0.5) is 18.3 Å². The average Bonchev–Trinajstić information content (AvgIpc) is 3.39. The molecule has 10 heteroatoms. The zero-order valence-electron chi connectivity index (χ0n) is 18.2. The summed E-state index contributed by atoms with van der Waals surface area (Å²) in [5.41, 5.74) is 9.53. The lowest BCUT2D eigenvalue weighted by Crippen LogP contribution is -2.31. The van der Waals surface area contributed by atoms with E-state index in [1.54, 1.807) is 0 Å². The van der Waals surface area contributed by atoms with E-state index in [0.717, 1.165) is 44.7 Å². The highest BCUT2D eigenvalue weighted by atomic mass is 32.1. The number of nitrogens with two attached hydrogens (primary N) is 1. The lowest BCUT2D eigenvalue weighted by molar-refractivity contribution is -0.137. The summed E-state index contributed by atoms with van der Waals surface area (Å²) in [4.78, 5) is 5.40. The number of hydrogen-bond donors (Lipinski definition) is 4. The molecular formula is C24H22F3N5OS. The van der Waals surface area contributed by atoms with Crippen LogP contribution >= 0.6 is 11.3 Å². The molecule has 0 aliphatic rings. The summed E-state index contributed by atoms with van der Waals surface area (Å²) in [6.45, 7) is 2.02. The van der Waals surface area contributed by atoms with E-state index < -0.39 is 11.7 Å². The molecule has 1 atom stereocenters. The number of fused-ring (bicyclic) bond motifs is 1. The normalized spacial score (nSPS) is 12.4. The van der Waals surface area contributed by atoms with E-state index in [4.69, 9.17) is 10.8 Å². The van der Waals surface area contributed by atoms with Crippen molar-refractivity contribution in [3.05, 3.63) is 65.0 Å². The van der Waals surface area contributed by atoms with Crippen LogP contribution in [0.15, 0.2) is 42.5 Å². The van der Waals surface area contributed by atoms with Crippen molar-refractivity contribution in [2.45, 2.75) is 25.6 Å². The molecule has 0 amide bonds. The molecule has 4 rings (SSSR count). The molecule has 176 valence electrons. The summed E-state index contributed by atoms with van der Waals surface area (Å²) < 4.78 is 38.2. The van der Waals surface area contributed by atoms with Gasteiger partial charge in [0.1, 0.15) is 12.3 Å².